The van der Waals surface area contributed by atoms with Gasteiger partial charge in [-0.15, -0.1) is 0 Å². The first-order valence-electron chi connectivity index (χ1n) is 10.6. The fourth-order valence-electron chi connectivity index (χ4n) is 4.33. The van der Waals surface area contributed by atoms with E-state index in [4.69, 9.17) is 0 Å². The van der Waals surface area contributed by atoms with Crippen molar-refractivity contribution in [2.45, 2.75) is 25.7 Å². The highest BCUT2D eigenvalue weighted by Gasteiger charge is 2.29. The molecule has 2 aliphatic rings. The number of benzene rings is 1. The molecule has 0 saturated carbocycles. The molecule has 1 aromatic rings. The molecule has 3 rings (SSSR count). The van der Waals surface area contributed by atoms with E-state index in [0.29, 0.717) is 12.8 Å². The van der Waals surface area contributed by atoms with Crippen molar-refractivity contribution in [3.8, 4) is 0 Å². The molecule has 2 aliphatic heterocycles. The summed E-state index contributed by atoms with van der Waals surface area (Å²) in [6, 6.07) is 8.29. The lowest BCUT2D eigenvalue weighted by molar-refractivity contribution is -0.122. The zero-order valence-electron chi connectivity index (χ0n) is 17.8. The van der Waals surface area contributed by atoms with Gasteiger partial charge in [-0.1, -0.05) is 18.7 Å². The molecule has 0 radical (unpaired) electrons. The molecule has 0 spiro atoms. The largest absolute Gasteiger partial charge is 0.375 e. The Morgan fingerprint density at radius 3 is 2.41 bits per heavy atom. The maximum Gasteiger partial charge on any atom is 0.227 e. The molecule has 1 unspecified atom stereocenters. The molecule has 2 saturated heterocycles. The SMILES string of the molecule is C=C(C)N1CC(CN2CCN(c3ccc(C(CCC=O)C(=O)NC)cc3)CC2)C1. The van der Waals surface area contributed by atoms with Crippen molar-refractivity contribution < 1.29 is 9.59 Å². The summed E-state index contributed by atoms with van der Waals surface area (Å²) < 4.78 is 0. The van der Waals surface area contributed by atoms with Crippen LogP contribution in [-0.4, -0.2) is 74.9 Å². The summed E-state index contributed by atoms with van der Waals surface area (Å²) in [6.45, 7) is 13.8. The molecule has 158 valence electrons. The standard InChI is InChI=1S/C23H34N4O2/c1-18(2)27-16-19(17-27)15-25-10-12-26(13-11-25)21-8-6-20(7-9-21)22(5-4-14-28)23(29)24-3/h6-9,14,19,22H,1,4-5,10-13,15-17H2,2-3H3,(H,24,29). The minimum atomic E-state index is -0.266. The number of rotatable bonds is 9. The molecule has 1 amide bonds. The predicted molar refractivity (Wildman–Crippen MR) is 117 cm³/mol. The normalized spacial score (nSPS) is 18.8. The summed E-state index contributed by atoms with van der Waals surface area (Å²) in [5, 5.41) is 2.71. The van der Waals surface area contributed by atoms with Crippen LogP contribution in [0.1, 0.15) is 31.2 Å². The molecule has 0 bridgehead atoms. The molecule has 6 nitrogen and oxygen atoms in total. The Kier molecular flexibility index (Phi) is 7.31. The maximum atomic E-state index is 12.2. The second-order valence-corrected chi connectivity index (χ2v) is 8.30. The lowest BCUT2D eigenvalue weighted by Crippen LogP contribution is -2.54. The van der Waals surface area contributed by atoms with Gasteiger partial charge in [0, 0.05) is 76.6 Å². The van der Waals surface area contributed by atoms with Gasteiger partial charge in [0.05, 0.1) is 5.92 Å². The van der Waals surface area contributed by atoms with E-state index in [0.717, 1.165) is 57.0 Å². The quantitative estimate of drug-likeness (QED) is 0.646. The highest BCUT2D eigenvalue weighted by atomic mass is 16.1. The van der Waals surface area contributed by atoms with E-state index >= 15 is 0 Å². The van der Waals surface area contributed by atoms with Gasteiger partial charge in [-0.05, 0) is 31.0 Å². The van der Waals surface area contributed by atoms with Crippen LogP contribution >= 0.6 is 0 Å². The number of likely N-dealkylation sites (N-methyl/N-ethyl adjacent to an activating group) is 1. The van der Waals surface area contributed by atoms with Crippen LogP contribution < -0.4 is 10.2 Å². The second-order valence-electron chi connectivity index (χ2n) is 8.30. The lowest BCUT2D eigenvalue weighted by atomic mass is 9.93. The Morgan fingerprint density at radius 1 is 1.21 bits per heavy atom. The predicted octanol–water partition coefficient (Wildman–Crippen LogP) is 2.08. The summed E-state index contributed by atoms with van der Waals surface area (Å²) in [5.41, 5.74) is 3.36. The summed E-state index contributed by atoms with van der Waals surface area (Å²) in [4.78, 5) is 30.2. The minimum absolute atomic E-state index is 0.0329. The molecule has 29 heavy (non-hydrogen) atoms. The van der Waals surface area contributed by atoms with Crippen LogP contribution in [0, 0.1) is 5.92 Å². The van der Waals surface area contributed by atoms with Gasteiger partial charge < -0.3 is 19.9 Å². The number of amides is 1. The van der Waals surface area contributed by atoms with Gasteiger partial charge in [-0.3, -0.25) is 9.69 Å². The highest BCUT2D eigenvalue weighted by molar-refractivity contribution is 5.83. The van der Waals surface area contributed by atoms with Gasteiger partial charge >= 0.3 is 0 Å². The van der Waals surface area contributed by atoms with Crippen molar-refractivity contribution in [1.82, 2.24) is 15.1 Å². The van der Waals surface area contributed by atoms with Crippen LogP contribution in [0.3, 0.4) is 0 Å². The number of allylic oxidation sites excluding steroid dienone is 1. The number of anilines is 1. The second kappa shape index (κ2) is 9.92. The number of nitrogens with one attached hydrogen (secondary N) is 1. The summed E-state index contributed by atoms with van der Waals surface area (Å²) in [6.07, 6.45) is 1.82. The van der Waals surface area contributed by atoms with Crippen LogP contribution in [0.25, 0.3) is 0 Å². The first-order chi connectivity index (χ1) is 14.0. The van der Waals surface area contributed by atoms with Crippen molar-refractivity contribution in [2.75, 3.05) is 57.8 Å². The monoisotopic (exact) mass is 398 g/mol. The Labute approximate surface area is 174 Å². The third-order valence-electron chi connectivity index (χ3n) is 6.18. The molecule has 1 aromatic carbocycles. The van der Waals surface area contributed by atoms with Gasteiger partial charge in [0.1, 0.15) is 6.29 Å². The summed E-state index contributed by atoms with van der Waals surface area (Å²) in [5.74, 6) is 0.470. The van der Waals surface area contributed by atoms with Crippen LogP contribution in [0.5, 0.6) is 0 Å². The zero-order chi connectivity index (χ0) is 20.8. The van der Waals surface area contributed by atoms with Gasteiger partial charge in [0.15, 0.2) is 0 Å². The lowest BCUT2D eigenvalue weighted by Gasteiger charge is -2.45. The number of nitrogens with zero attached hydrogens (tertiary/aromatic N) is 3. The van der Waals surface area contributed by atoms with Gasteiger partial charge in [-0.2, -0.15) is 0 Å². The average Bonchev–Trinajstić information content (AvgIpc) is 2.71. The molecule has 6 heteroatoms. The number of carbonyl (C=O) groups is 2. The molecular formula is C23H34N4O2. The Balaban J connectivity index is 1.50. The van der Waals surface area contributed by atoms with E-state index in [9.17, 15) is 9.59 Å². The van der Waals surface area contributed by atoms with Crippen LogP contribution in [0.2, 0.25) is 0 Å². The van der Waals surface area contributed by atoms with Crippen molar-refractivity contribution >= 4 is 17.9 Å². The van der Waals surface area contributed by atoms with Crippen molar-refractivity contribution in [3.05, 3.63) is 42.1 Å². The van der Waals surface area contributed by atoms with E-state index in [-0.39, 0.29) is 11.8 Å². The smallest absolute Gasteiger partial charge is 0.227 e. The van der Waals surface area contributed by atoms with Crippen molar-refractivity contribution in [2.24, 2.45) is 5.92 Å². The molecular weight excluding hydrogens is 364 g/mol. The molecule has 0 aliphatic carbocycles. The van der Waals surface area contributed by atoms with Gasteiger partial charge in [0.25, 0.3) is 0 Å². The van der Waals surface area contributed by atoms with Crippen molar-refractivity contribution in [3.63, 3.8) is 0 Å². The van der Waals surface area contributed by atoms with E-state index in [1.165, 1.54) is 17.9 Å². The number of hydrogen-bond acceptors (Lipinski definition) is 5. The Morgan fingerprint density at radius 2 is 1.86 bits per heavy atom. The van der Waals surface area contributed by atoms with Gasteiger partial charge in [-0.25, -0.2) is 0 Å². The molecule has 0 aromatic heterocycles. The van der Waals surface area contributed by atoms with E-state index < -0.39 is 0 Å². The fourth-order valence-corrected chi connectivity index (χ4v) is 4.33. The molecule has 1 atom stereocenters. The van der Waals surface area contributed by atoms with Crippen LogP contribution in [0.15, 0.2) is 36.5 Å². The first-order valence-corrected chi connectivity index (χ1v) is 10.6. The zero-order valence-corrected chi connectivity index (χ0v) is 17.8. The summed E-state index contributed by atoms with van der Waals surface area (Å²) in [7, 11) is 1.64. The Hall–Kier alpha value is -2.34. The van der Waals surface area contributed by atoms with Gasteiger partial charge in [0.2, 0.25) is 5.91 Å². The number of piperazine rings is 1. The highest BCUT2D eigenvalue weighted by Crippen LogP contribution is 2.26. The third kappa shape index (κ3) is 5.38. The third-order valence-corrected chi connectivity index (χ3v) is 6.18. The fraction of sp³-hybridized carbons (Fsp3) is 0.565. The van der Waals surface area contributed by atoms with Crippen LogP contribution in [0.4, 0.5) is 5.69 Å². The molecule has 2 heterocycles. The first kappa shape index (κ1) is 21.4. The van der Waals surface area contributed by atoms with E-state index in [2.05, 4.69) is 45.7 Å². The van der Waals surface area contributed by atoms with E-state index in [1.807, 2.05) is 12.1 Å². The Bertz CT molecular complexity index is 704. The molecule has 2 fully saturated rings. The molecule has 1 N–H and O–H groups in total. The number of hydrogen-bond donors (Lipinski definition) is 1. The number of aldehydes is 1. The topological polar surface area (TPSA) is 55.9 Å². The van der Waals surface area contributed by atoms with E-state index in [1.54, 1.807) is 7.05 Å². The summed E-state index contributed by atoms with van der Waals surface area (Å²) >= 11 is 0. The number of carbonyl (C=O) groups excluding carboxylic acids is 2. The maximum absolute atomic E-state index is 12.2. The van der Waals surface area contributed by atoms with Crippen molar-refractivity contribution in [1.29, 1.82) is 0 Å². The van der Waals surface area contributed by atoms with Crippen LogP contribution in [-0.2, 0) is 9.59 Å². The average molecular weight is 399 g/mol. The number of likely N-dealkylation sites (tertiary alicyclic amines) is 1. The minimum Gasteiger partial charge on any atom is -0.375 e.